The predicted molar refractivity (Wildman–Crippen MR) is 67.6 cm³/mol. The van der Waals surface area contributed by atoms with Crippen LogP contribution in [0.15, 0.2) is 0 Å². The molecule has 18 heavy (non-hydrogen) atoms. The summed E-state index contributed by atoms with van der Waals surface area (Å²) in [5.41, 5.74) is 0. The number of carbonyl (C=O) groups is 2. The minimum Gasteiger partial charge on any atom is -0.480 e. The fourth-order valence-electron chi connectivity index (χ4n) is 1.13. The van der Waals surface area contributed by atoms with Gasteiger partial charge in [0, 0.05) is 32.7 Å². The second-order valence-corrected chi connectivity index (χ2v) is 4.34. The number of nitrogens with one attached hydrogen (secondary N) is 2. The van der Waals surface area contributed by atoms with Crippen molar-refractivity contribution < 1.29 is 19.4 Å². The van der Waals surface area contributed by atoms with Crippen LogP contribution in [0.4, 0.5) is 4.79 Å². The molecule has 0 aromatic heterocycles. The van der Waals surface area contributed by atoms with Gasteiger partial charge in [0.25, 0.3) is 0 Å². The highest BCUT2D eigenvalue weighted by Crippen LogP contribution is 1.94. The van der Waals surface area contributed by atoms with E-state index in [-0.39, 0.29) is 19.1 Å². The van der Waals surface area contributed by atoms with Gasteiger partial charge in [-0.1, -0.05) is 0 Å². The van der Waals surface area contributed by atoms with Gasteiger partial charge in [-0.3, -0.25) is 0 Å². The molecule has 0 aliphatic rings. The Morgan fingerprint density at radius 1 is 1.39 bits per heavy atom. The van der Waals surface area contributed by atoms with Crippen molar-refractivity contribution in [3.63, 3.8) is 0 Å². The second-order valence-electron chi connectivity index (χ2n) is 4.34. The van der Waals surface area contributed by atoms with E-state index in [1.165, 1.54) is 7.11 Å². The lowest BCUT2D eigenvalue weighted by molar-refractivity contribution is -0.139. The summed E-state index contributed by atoms with van der Waals surface area (Å²) >= 11 is 0. The molecule has 0 aliphatic heterocycles. The molecule has 2 atom stereocenters. The third-order valence-electron chi connectivity index (χ3n) is 2.65. The van der Waals surface area contributed by atoms with Crippen LogP contribution in [-0.2, 0) is 9.53 Å². The maximum atomic E-state index is 11.5. The molecule has 0 saturated heterocycles. The van der Waals surface area contributed by atoms with Crippen LogP contribution in [0.1, 0.15) is 13.3 Å². The first kappa shape index (κ1) is 16.7. The molecule has 3 N–H and O–H groups in total. The van der Waals surface area contributed by atoms with Crippen molar-refractivity contribution in [2.75, 3.05) is 34.4 Å². The third kappa shape index (κ3) is 7.08. The molecule has 0 fully saturated rings. The van der Waals surface area contributed by atoms with E-state index < -0.39 is 18.0 Å². The number of ether oxygens (including phenoxy) is 1. The first-order valence-corrected chi connectivity index (χ1v) is 5.81. The van der Waals surface area contributed by atoms with E-state index in [1.54, 1.807) is 0 Å². The number of likely N-dealkylation sites (N-methyl/N-ethyl adjacent to an activating group) is 1. The highest BCUT2D eigenvalue weighted by Gasteiger charge is 2.19. The van der Waals surface area contributed by atoms with E-state index in [0.717, 1.165) is 0 Å². The van der Waals surface area contributed by atoms with E-state index in [1.807, 2.05) is 25.9 Å². The van der Waals surface area contributed by atoms with Gasteiger partial charge in [-0.05, 0) is 21.0 Å². The van der Waals surface area contributed by atoms with Gasteiger partial charge >= 0.3 is 12.0 Å². The molecule has 0 rings (SSSR count). The van der Waals surface area contributed by atoms with Crippen molar-refractivity contribution in [1.29, 1.82) is 0 Å². The van der Waals surface area contributed by atoms with Gasteiger partial charge in [0.05, 0.1) is 0 Å². The Labute approximate surface area is 107 Å². The van der Waals surface area contributed by atoms with Crippen LogP contribution in [0.2, 0.25) is 0 Å². The predicted octanol–water partition coefficient (Wildman–Crippen LogP) is -0.275. The van der Waals surface area contributed by atoms with Gasteiger partial charge in [-0.15, -0.1) is 0 Å². The van der Waals surface area contributed by atoms with Crippen molar-refractivity contribution >= 4 is 12.0 Å². The quantitative estimate of drug-likeness (QED) is 0.559. The van der Waals surface area contributed by atoms with E-state index in [4.69, 9.17) is 9.84 Å². The fraction of sp³-hybridized carbons (Fsp3) is 0.818. The number of rotatable bonds is 8. The number of amides is 2. The molecular formula is C11H23N3O4. The molecule has 2 unspecified atom stereocenters. The van der Waals surface area contributed by atoms with Crippen molar-refractivity contribution in [2.24, 2.45) is 0 Å². The molecule has 0 aromatic carbocycles. The van der Waals surface area contributed by atoms with E-state index in [0.29, 0.717) is 6.54 Å². The monoisotopic (exact) mass is 261 g/mol. The average Bonchev–Trinajstić information content (AvgIpc) is 2.30. The first-order valence-electron chi connectivity index (χ1n) is 5.81. The Morgan fingerprint density at radius 3 is 2.44 bits per heavy atom. The van der Waals surface area contributed by atoms with Crippen molar-refractivity contribution in [3.05, 3.63) is 0 Å². The van der Waals surface area contributed by atoms with Crippen LogP contribution >= 0.6 is 0 Å². The molecule has 106 valence electrons. The van der Waals surface area contributed by atoms with Crippen molar-refractivity contribution in [1.82, 2.24) is 15.5 Å². The zero-order chi connectivity index (χ0) is 14.1. The second kappa shape index (κ2) is 8.71. The Balaban J connectivity index is 4.06. The molecule has 7 nitrogen and oxygen atoms in total. The molecule has 0 saturated carbocycles. The largest absolute Gasteiger partial charge is 0.480 e. The molecule has 0 aromatic rings. The van der Waals surface area contributed by atoms with Crippen LogP contribution in [0.3, 0.4) is 0 Å². The minimum absolute atomic E-state index is 0.179. The maximum Gasteiger partial charge on any atom is 0.326 e. The standard InChI is InChI=1S/C11H23N3O4/c1-8(14(2)3)7-12-11(17)13-9(10(15)16)5-6-18-4/h8-9H,5-7H2,1-4H3,(H,15,16)(H2,12,13,17). The number of carboxylic acids is 1. The number of hydrogen-bond donors (Lipinski definition) is 3. The number of aliphatic carboxylic acids is 1. The highest BCUT2D eigenvalue weighted by molar-refractivity contribution is 5.82. The van der Waals surface area contributed by atoms with E-state index in [2.05, 4.69) is 10.6 Å². The zero-order valence-corrected chi connectivity index (χ0v) is 11.4. The molecule has 0 heterocycles. The number of carboxylic acid groups (broad SMARTS) is 1. The van der Waals surface area contributed by atoms with E-state index >= 15 is 0 Å². The summed E-state index contributed by atoms with van der Waals surface area (Å²) in [6, 6.07) is -1.23. The summed E-state index contributed by atoms with van der Waals surface area (Å²) in [6.07, 6.45) is 0.239. The van der Waals surface area contributed by atoms with E-state index in [9.17, 15) is 9.59 Å². The van der Waals surface area contributed by atoms with Gasteiger partial charge in [0.2, 0.25) is 0 Å². The Morgan fingerprint density at radius 2 is 2.00 bits per heavy atom. The summed E-state index contributed by atoms with van der Waals surface area (Å²) in [5.74, 6) is -1.07. The topological polar surface area (TPSA) is 90.9 Å². The van der Waals surface area contributed by atoms with Gasteiger partial charge in [0.15, 0.2) is 0 Å². The molecule has 7 heteroatoms. The summed E-state index contributed by atoms with van der Waals surface area (Å²) in [7, 11) is 5.30. The molecule has 0 bridgehead atoms. The molecule has 2 amide bonds. The number of urea groups is 1. The third-order valence-corrected chi connectivity index (χ3v) is 2.65. The van der Waals surface area contributed by atoms with Crippen LogP contribution in [0, 0.1) is 0 Å². The lowest BCUT2D eigenvalue weighted by Crippen LogP contribution is -2.49. The first-order chi connectivity index (χ1) is 8.38. The Hall–Kier alpha value is -1.34. The average molecular weight is 261 g/mol. The number of methoxy groups -OCH3 is 1. The van der Waals surface area contributed by atoms with Crippen LogP contribution in [0.25, 0.3) is 0 Å². The Bertz CT molecular complexity index is 271. The number of nitrogens with zero attached hydrogens (tertiary/aromatic N) is 1. The molecular weight excluding hydrogens is 238 g/mol. The smallest absolute Gasteiger partial charge is 0.326 e. The summed E-state index contributed by atoms with van der Waals surface area (Å²) in [4.78, 5) is 24.3. The normalized spacial score (nSPS) is 14.1. The zero-order valence-electron chi connectivity index (χ0n) is 11.4. The number of carbonyl (C=O) groups excluding carboxylic acids is 1. The van der Waals surface area contributed by atoms with Gasteiger partial charge < -0.3 is 25.4 Å². The summed E-state index contributed by atoms with van der Waals surface area (Å²) in [5, 5.41) is 13.9. The van der Waals surface area contributed by atoms with Gasteiger partial charge in [0.1, 0.15) is 6.04 Å². The van der Waals surface area contributed by atoms with Gasteiger partial charge in [-0.2, -0.15) is 0 Å². The highest BCUT2D eigenvalue weighted by atomic mass is 16.5. The van der Waals surface area contributed by atoms with Crippen LogP contribution in [0.5, 0.6) is 0 Å². The maximum absolute atomic E-state index is 11.5. The van der Waals surface area contributed by atoms with Crippen molar-refractivity contribution in [3.8, 4) is 0 Å². The molecule has 0 radical (unpaired) electrons. The van der Waals surface area contributed by atoms with Crippen molar-refractivity contribution in [2.45, 2.75) is 25.4 Å². The SMILES string of the molecule is COCCC(NC(=O)NCC(C)N(C)C)C(=O)O. The lowest BCUT2D eigenvalue weighted by Gasteiger charge is -2.21. The van der Waals surface area contributed by atoms with Gasteiger partial charge in [-0.25, -0.2) is 9.59 Å². The van der Waals surface area contributed by atoms with Crippen LogP contribution in [-0.4, -0.2) is 68.4 Å². The molecule has 0 spiro atoms. The summed E-state index contributed by atoms with van der Waals surface area (Å²) in [6.45, 7) is 2.70. The minimum atomic E-state index is -1.07. The Kier molecular flexibility index (Phi) is 8.06. The summed E-state index contributed by atoms with van der Waals surface area (Å²) < 4.78 is 4.79. The van der Waals surface area contributed by atoms with Crippen LogP contribution < -0.4 is 10.6 Å². The lowest BCUT2D eigenvalue weighted by atomic mass is 10.2. The fourth-order valence-corrected chi connectivity index (χ4v) is 1.13. The molecule has 0 aliphatic carbocycles. The number of hydrogen-bond acceptors (Lipinski definition) is 4.